The van der Waals surface area contributed by atoms with Crippen LogP contribution >= 0.6 is 10.7 Å². The van der Waals surface area contributed by atoms with E-state index in [1.54, 1.807) is 7.11 Å². The quantitative estimate of drug-likeness (QED) is 0.725. The molecule has 0 spiro atoms. The predicted molar refractivity (Wildman–Crippen MR) is 72.2 cm³/mol. The fraction of sp³-hybridized carbons (Fsp3) is 0.818. The van der Waals surface area contributed by atoms with Gasteiger partial charge in [-0.15, -0.1) is 10.2 Å². The van der Waals surface area contributed by atoms with Crippen molar-refractivity contribution in [1.82, 2.24) is 14.8 Å². The molecule has 0 bridgehead atoms. The third kappa shape index (κ3) is 3.91. The lowest BCUT2D eigenvalue weighted by molar-refractivity contribution is 0.0149. The third-order valence-electron chi connectivity index (χ3n) is 3.21. The lowest BCUT2D eigenvalue weighted by Gasteiger charge is -2.22. The van der Waals surface area contributed by atoms with E-state index in [9.17, 15) is 8.42 Å². The zero-order valence-corrected chi connectivity index (χ0v) is 12.9. The molecule has 0 aliphatic carbocycles. The molecule has 1 aliphatic heterocycles. The molecular weight excluding hydrogens is 306 g/mol. The highest BCUT2D eigenvalue weighted by molar-refractivity contribution is 8.13. The van der Waals surface area contributed by atoms with E-state index < -0.39 is 9.05 Å². The van der Waals surface area contributed by atoms with E-state index in [1.807, 2.05) is 0 Å². The number of aromatic nitrogens is 3. The van der Waals surface area contributed by atoms with E-state index in [0.717, 1.165) is 25.9 Å². The second-order valence-corrected chi connectivity index (χ2v) is 7.13. The van der Waals surface area contributed by atoms with Gasteiger partial charge in [0.15, 0.2) is 0 Å². The first-order valence-electron chi connectivity index (χ1n) is 6.49. The smallest absolute Gasteiger partial charge is 0.296 e. The molecular formula is C11H18ClN3O4S. The molecule has 1 atom stereocenters. The van der Waals surface area contributed by atoms with E-state index >= 15 is 0 Å². The highest BCUT2D eigenvalue weighted by Crippen LogP contribution is 2.19. The van der Waals surface area contributed by atoms with Crippen LogP contribution in [0.15, 0.2) is 5.16 Å². The number of nitrogens with zero attached hydrogens (tertiary/aromatic N) is 3. The van der Waals surface area contributed by atoms with Crippen molar-refractivity contribution in [3.05, 3.63) is 5.82 Å². The van der Waals surface area contributed by atoms with Gasteiger partial charge in [-0.1, -0.05) is 0 Å². The Bertz CT molecular complexity index is 540. The van der Waals surface area contributed by atoms with Gasteiger partial charge in [-0.3, -0.25) is 4.57 Å². The Hall–Kier alpha value is -0.700. The molecule has 20 heavy (non-hydrogen) atoms. The maximum absolute atomic E-state index is 11.5. The summed E-state index contributed by atoms with van der Waals surface area (Å²) in [7, 11) is 3.00. The first kappa shape index (κ1) is 15.7. The van der Waals surface area contributed by atoms with E-state index in [-0.39, 0.29) is 11.3 Å². The van der Waals surface area contributed by atoms with E-state index in [4.69, 9.17) is 20.2 Å². The van der Waals surface area contributed by atoms with E-state index in [2.05, 4.69) is 10.2 Å². The summed E-state index contributed by atoms with van der Waals surface area (Å²) in [5.74, 6) is 0.563. The standard InChI is InChI=1S/C11H18ClN3O4S/c1-18-7-5-15-10(8-9-4-2-3-6-19-9)13-14-11(15)20(12,16)17/h9H,2-8H2,1H3. The summed E-state index contributed by atoms with van der Waals surface area (Å²) in [5, 5.41) is 7.40. The molecule has 1 aliphatic rings. The van der Waals surface area contributed by atoms with Gasteiger partial charge in [0, 0.05) is 37.4 Å². The van der Waals surface area contributed by atoms with Crippen LogP contribution in [-0.4, -0.2) is 49.6 Å². The zero-order valence-electron chi connectivity index (χ0n) is 11.3. The fourth-order valence-corrected chi connectivity index (χ4v) is 3.17. The van der Waals surface area contributed by atoms with Crippen LogP contribution in [-0.2, 0) is 31.5 Å². The largest absolute Gasteiger partial charge is 0.383 e. The van der Waals surface area contributed by atoms with Crippen LogP contribution in [0.1, 0.15) is 25.1 Å². The van der Waals surface area contributed by atoms with Gasteiger partial charge in [-0.25, -0.2) is 8.42 Å². The lowest BCUT2D eigenvalue weighted by atomic mass is 10.1. The molecule has 114 valence electrons. The van der Waals surface area contributed by atoms with Crippen molar-refractivity contribution in [2.75, 3.05) is 20.3 Å². The number of halogens is 1. The van der Waals surface area contributed by atoms with Crippen molar-refractivity contribution in [3.8, 4) is 0 Å². The van der Waals surface area contributed by atoms with E-state index in [0.29, 0.717) is 25.4 Å². The minimum atomic E-state index is -3.92. The second-order valence-electron chi connectivity index (χ2n) is 4.67. The van der Waals surface area contributed by atoms with Crippen molar-refractivity contribution < 1.29 is 17.9 Å². The van der Waals surface area contributed by atoms with Crippen LogP contribution in [0, 0.1) is 0 Å². The number of methoxy groups -OCH3 is 1. The minimum Gasteiger partial charge on any atom is -0.383 e. The van der Waals surface area contributed by atoms with Gasteiger partial charge in [-0.2, -0.15) is 0 Å². The van der Waals surface area contributed by atoms with Gasteiger partial charge in [0.25, 0.3) is 14.2 Å². The Labute approximate surface area is 122 Å². The molecule has 0 aromatic carbocycles. The molecule has 1 fully saturated rings. The molecule has 2 heterocycles. The van der Waals surface area contributed by atoms with Crippen LogP contribution in [0.5, 0.6) is 0 Å². The second kappa shape index (κ2) is 6.84. The summed E-state index contributed by atoms with van der Waals surface area (Å²) >= 11 is 0. The SMILES string of the molecule is COCCn1c(CC2CCCCO2)nnc1S(=O)(=O)Cl. The number of hydrogen-bond acceptors (Lipinski definition) is 6. The van der Waals surface area contributed by atoms with Crippen LogP contribution in [0.2, 0.25) is 0 Å². The Kier molecular flexibility index (Phi) is 5.36. The average Bonchev–Trinajstić information content (AvgIpc) is 2.80. The molecule has 7 nitrogen and oxygen atoms in total. The maximum Gasteiger partial charge on any atom is 0.296 e. The van der Waals surface area contributed by atoms with Crippen molar-refractivity contribution in [1.29, 1.82) is 0 Å². The Morgan fingerprint density at radius 1 is 1.45 bits per heavy atom. The molecule has 9 heteroatoms. The Balaban J connectivity index is 2.20. The summed E-state index contributed by atoms with van der Waals surface area (Å²) in [6.45, 7) is 1.43. The summed E-state index contributed by atoms with van der Waals surface area (Å²) in [6, 6.07) is 0. The van der Waals surface area contributed by atoms with Gasteiger partial charge in [0.05, 0.1) is 12.7 Å². The number of ether oxygens (including phenoxy) is 2. The highest BCUT2D eigenvalue weighted by Gasteiger charge is 2.25. The summed E-state index contributed by atoms with van der Waals surface area (Å²) in [5.41, 5.74) is 0. The zero-order chi connectivity index (χ0) is 14.6. The molecule has 0 saturated carbocycles. The molecule has 1 aromatic rings. The lowest BCUT2D eigenvalue weighted by Crippen LogP contribution is -2.24. The van der Waals surface area contributed by atoms with Gasteiger partial charge in [0.1, 0.15) is 5.82 Å². The molecule has 1 aromatic heterocycles. The molecule has 1 unspecified atom stereocenters. The molecule has 2 rings (SSSR count). The molecule has 0 radical (unpaired) electrons. The summed E-state index contributed by atoms with van der Waals surface area (Å²) in [6.07, 6.45) is 3.70. The topological polar surface area (TPSA) is 83.3 Å². The Morgan fingerprint density at radius 3 is 2.85 bits per heavy atom. The van der Waals surface area contributed by atoms with Crippen LogP contribution in [0.4, 0.5) is 0 Å². The first-order valence-corrected chi connectivity index (χ1v) is 8.80. The van der Waals surface area contributed by atoms with E-state index in [1.165, 1.54) is 4.57 Å². The predicted octanol–water partition coefficient (Wildman–Crippen LogP) is 0.964. The highest BCUT2D eigenvalue weighted by atomic mass is 35.7. The Morgan fingerprint density at radius 2 is 2.25 bits per heavy atom. The first-order chi connectivity index (χ1) is 9.52. The normalized spacial score (nSPS) is 20.2. The van der Waals surface area contributed by atoms with Crippen LogP contribution in [0.3, 0.4) is 0 Å². The van der Waals surface area contributed by atoms with Crippen LogP contribution < -0.4 is 0 Å². The van der Waals surface area contributed by atoms with Crippen molar-refractivity contribution in [2.45, 2.75) is 43.5 Å². The summed E-state index contributed by atoms with van der Waals surface area (Å²) < 4.78 is 35.1. The fourth-order valence-electron chi connectivity index (χ4n) is 2.23. The third-order valence-corrected chi connectivity index (χ3v) is 4.37. The van der Waals surface area contributed by atoms with Crippen LogP contribution in [0.25, 0.3) is 0 Å². The number of rotatable bonds is 6. The summed E-state index contributed by atoms with van der Waals surface area (Å²) in [4.78, 5) is 0. The van der Waals surface area contributed by atoms with Crippen molar-refractivity contribution >= 4 is 19.7 Å². The minimum absolute atomic E-state index is 0.0557. The van der Waals surface area contributed by atoms with Gasteiger partial charge >= 0.3 is 0 Å². The molecule has 0 amide bonds. The number of hydrogen-bond donors (Lipinski definition) is 0. The van der Waals surface area contributed by atoms with Gasteiger partial charge in [0.2, 0.25) is 0 Å². The van der Waals surface area contributed by atoms with Gasteiger partial charge < -0.3 is 9.47 Å². The average molecular weight is 324 g/mol. The van der Waals surface area contributed by atoms with Gasteiger partial charge in [-0.05, 0) is 19.3 Å². The molecule has 0 N–H and O–H groups in total. The monoisotopic (exact) mass is 323 g/mol. The maximum atomic E-state index is 11.5. The molecule has 1 saturated heterocycles. The van der Waals surface area contributed by atoms with Crippen molar-refractivity contribution in [3.63, 3.8) is 0 Å². The van der Waals surface area contributed by atoms with Crippen molar-refractivity contribution in [2.24, 2.45) is 0 Å².